The van der Waals surface area contributed by atoms with Gasteiger partial charge in [0, 0.05) is 44.3 Å². The van der Waals surface area contributed by atoms with Gasteiger partial charge in [0.1, 0.15) is 5.82 Å². The van der Waals surface area contributed by atoms with Gasteiger partial charge in [-0.2, -0.15) is 18.2 Å². The molecule has 0 fully saturated rings. The molecule has 15 rings (SSSR count). The summed E-state index contributed by atoms with van der Waals surface area (Å²) in [5.74, 6) is 0.757. The summed E-state index contributed by atoms with van der Waals surface area (Å²) in [5, 5.41) is -7.20. The zero-order chi connectivity index (χ0) is 92.9. The molecule has 0 aliphatic heterocycles. The minimum atomic E-state index is -6.78. The summed E-state index contributed by atoms with van der Waals surface area (Å²) in [4.78, 5) is 4.82. The Balaban J connectivity index is 0.0000133. The molecule has 0 aliphatic rings. The van der Waals surface area contributed by atoms with E-state index in [-0.39, 0.29) is 60.3 Å². The van der Waals surface area contributed by atoms with Crippen LogP contribution in [0.15, 0.2) is 315 Å². The van der Waals surface area contributed by atoms with Crippen LogP contribution in [0.3, 0.4) is 0 Å². The summed E-state index contributed by atoms with van der Waals surface area (Å²) in [6.45, 7) is 10.9. The average Bonchev–Trinajstić information content (AvgIpc) is 1.22. The van der Waals surface area contributed by atoms with Crippen LogP contribution >= 0.6 is 0 Å². The SMILES string of the molecule is [2H]c1c([2H])c([2H])c([Si](c2cc(C(C)(C)C)cc(-c3c([2H])c([2H])c([2H])c([Si](c4c([2H])c([2H])c([2H])c([2H])c4[2H])(c4c([2H])c([2H])c([2H])c([2H])c4[2H])c4c([2H])c([2H])c([2H])c([2H])c4[2H])c3[2H])c2-[n+]2[c-]n(-c3[c-]c(Oc4[c-]c5c(cc4)c4ccccc4n5-c4cc(C(C)(C)C)ccn4)ccc3)c3ccccc32)(c2c([2H])c([2H])c([2H])c([2H])c2[2H])c2c([2H])c([2H])c([2H])c([2H])c2[2H])c([2H])c1[2H].[Pt]. The summed E-state index contributed by atoms with van der Waals surface area (Å²) in [5.41, 5.74) is -2.06. The Hall–Kier alpha value is -10.0. The van der Waals surface area contributed by atoms with Crippen LogP contribution in [0.4, 0.5) is 0 Å². The molecule has 0 atom stereocenters. The number of benzene rings is 12. The normalized spacial score (nSPS) is 17.1. The topological polar surface area (TPSA) is 35.9 Å². The molecule has 5 nitrogen and oxygen atoms in total. The maximum Gasteiger partial charge on any atom is 0.268 e. The van der Waals surface area contributed by atoms with Gasteiger partial charge in [-0.1, -0.05) is 307 Å². The third kappa shape index (κ3) is 10.8. The van der Waals surface area contributed by atoms with E-state index in [0.717, 1.165) is 26.4 Å². The van der Waals surface area contributed by atoms with Crippen LogP contribution in [-0.2, 0) is 31.9 Å². The molecule has 15 aromatic rings. The largest absolute Gasteiger partial charge is 0.510 e. The standard InChI is InChI=1S/C86H70N4OSi2.Pt/c1-85(2,3)63-53-54-87-83(58-63)90-78-48-26-25-47-75(78)76-52-51-67(60-81(76)90)91-66-33-30-32-65(59-66)88-61-89(80-50-28-27-49-79(80)88)84-77(62-31-29-46-74(55-62)92(68-34-13-7-14-35-68,69-36-15-8-16-37-69)70-38-17-9-18-39-70)56-64(86(4,5)6)57-82(84)93(71-40-19-10-20-41-71,72-42-21-11-22-43-72)73-44-23-12-24-45-73;/h7-58H,1-6H3;/q-2;/i7D,8D,9D,10D,11D,12D,13D,14D,15D,16D,17D,18D,19D,20D,21D,22D,23D,24D,29D,31D,34D,35D,36D,37D,38D,39D,40D,41D,42D,43D,44D,45D,46D,55D;. The molecule has 0 saturated carbocycles. The van der Waals surface area contributed by atoms with E-state index in [2.05, 4.69) is 39.2 Å². The van der Waals surface area contributed by atoms with Gasteiger partial charge in [-0.05, 0) is 104 Å². The Morgan fingerprint density at radius 1 is 0.457 bits per heavy atom. The summed E-state index contributed by atoms with van der Waals surface area (Å²) >= 11 is 0. The van der Waals surface area contributed by atoms with Crippen LogP contribution < -0.4 is 50.8 Å². The number of fused-ring (bicyclic) bond motifs is 4. The molecule has 0 saturated heterocycles. The quantitative estimate of drug-likeness (QED) is 0.0471. The van der Waals surface area contributed by atoms with E-state index >= 15 is 0 Å². The van der Waals surface area contributed by atoms with Crippen LogP contribution in [-0.4, -0.2) is 30.3 Å². The number of imidazole rings is 1. The predicted octanol–water partition coefficient (Wildman–Crippen LogP) is 14.6. The number of aromatic nitrogens is 4. The third-order valence-corrected chi connectivity index (χ3v) is 24.5. The number of hydrogen-bond acceptors (Lipinski definition) is 2. The van der Waals surface area contributed by atoms with Crippen LogP contribution in [0.5, 0.6) is 11.5 Å². The first-order valence-corrected chi connectivity index (χ1v) is 33.3. The van der Waals surface area contributed by atoms with Crippen molar-refractivity contribution >= 4 is 90.5 Å². The van der Waals surface area contributed by atoms with Crippen molar-refractivity contribution in [2.75, 3.05) is 0 Å². The van der Waals surface area contributed by atoms with Gasteiger partial charge in [0.25, 0.3) is 6.33 Å². The van der Waals surface area contributed by atoms with Crippen LogP contribution in [0, 0.1) is 18.5 Å². The van der Waals surface area contributed by atoms with Crippen molar-refractivity contribution in [1.29, 1.82) is 0 Å². The van der Waals surface area contributed by atoms with Gasteiger partial charge in [0.05, 0.1) is 63.3 Å². The molecule has 0 amide bonds. The summed E-state index contributed by atoms with van der Waals surface area (Å²) in [6.07, 6.45) is 5.05. The van der Waals surface area contributed by atoms with E-state index in [4.69, 9.17) is 17.9 Å². The second kappa shape index (κ2) is 25.1. The number of pyridine rings is 1. The minimum absolute atomic E-state index is 0. The first-order valence-electron chi connectivity index (χ1n) is 46.3. The molecule has 0 aliphatic carbocycles. The molecule has 0 N–H and O–H groups in total. The number of rotatable bonds is 14. The molecule has 12 aromatic carbocycles. The Morgan fingerprint density at radius 2 is 0.968 bits per heavy atom. The Bertz CT molecular complexity index is 6860. The van der Waals surface area contributed by atoms with Crippen molar-refractivity contribution in [2.24, 2.45) is 0 Å². The van der Waals surface area contributed by atoms with Gasteiger partial charge in [-0.3, -0.25) is 4.57 Å². The van der Waals surface area contributed by atoms with Gasteiger partial charge in [0.2, 0.25) is 0 Å². The Kier molecular flexibility index (Phi) is 9.01. The molecule has 3 heterocycles. The predicted molar refractivity (Wildman–Crippen MR) is 390 cm³/mol. The molecule has 0 unspecified atom stereocenters. The molecule has 8 heteroatoms. The van der Waals surface area contributed by atoms with E-state index in [1.54, 1.807) is 63.4 Å². The monoisotopic (exact) mass is 1460 g/mol. The van der Waals surface area contributed by atoms with Crippen molar-refractivity contribution in [3.05, 3.63) is 344 Å². The van der Waals surface area contributed by atoms with Crippen LogP contribution in [0.2, 0.25) is 0 Å². The van der Waals surface area contributed by atoms with Gasteiger partial charge >= 0.3 is 0 Å². The summed E-state index contributed by atoms with van der Waals surface area (Å²) in [7, 11) is -13.5. The maximum absolute atomic E-state index is 11.5. The smallest absolute Gasteiger partial charge is 0.268 e. The van der Waals surface area contributed by atoms with E-state index < -0.39 is 285 Å². The molecule has 460 valence electrons. The molecule has 94 heavy (non-hydrogen) atoms. The van der Waals surface area contributed by atoms with E-state index in [1.165, 1.54) is 28.8 Å². The van der Waals surface area contributed by atoms with Crippen molar-refractivity contribution in [3.63, 3.8) is 0 Å². The zero-order valence-corrected chi connectivity index (χ0v) is 55.2. The van der Waals surface area contributed by atoms with Crippen LogP contribution in [0.1, 0.15) is 99.3 Å². The second-order valence-corrected chi connectivity index (χ2v) is 30.8. The molecular weight excluding hydrogens is 1360 g/mol. The average molecular weight is 1460 g/mol. The number of hydrogen-bond donors (Lipinski definition) is 0. The Morgan fingerprint density at radius 3 is 1.53 bits per heavy atom. The fourth-order valence-electron chi connectivity index (χ4n) is 11.9. The van der Waals surface area contributed by atoms with Gasteiger partial charge in [-0.25, -0.2) is 4.98 Å². The molecule has 0 bridgehead atoms. The Labute approximate surface area is 616 Å². The van der Waals surface area contributed by atoms with Crippen LogP contribution in [0.25, 0.3) is 61.2 Å². The molecule has 0 spiro atoms. The molecule has 3 aromatic heterocycles. The van der Waals surface area contributed by atoms with Crippen molar-refractivity contribution < 1.29 is 77.0 Å². The minimum Gasteiger partial charge on any atom is -0.510 e. The van der Waals surface area contributed by atoms with E-state index in [9.17, 15) is 38.4 Å². The van der Waals surface area contributed by atoms with Gasteiger partial charge in [-0.15, -0.1) is 29.7 Å². The summed E-state index contributed by atoms with van der Waals surface area (Å²) in [6, 6.07) is -7.35. The maximum atomic E-state index is 11.5. The fourth-order valence-corrected chi connectivity index (χ4v) is 19.5. The zero-order valence-electron chi connectivity index (χ0n) is 84.9. The molecule has 0 radical (unpaired) electrons. The molecular formula is C86H70N4OPtSi2-2. The first kappa shape index (κ1) is 33.7. The first-order chi connectivity index (χ1) is 59.5. The number of ether oxygens (including phenoxy) is 1. The van der Waals surface area contributed by atoms with Gasteiger partial charge in [0.15, 0.2) is 16.1 Å². The van der Waals surface area contributed by atoms with Crippen molar-refractivity contribution in [1.82, 2.24) is 14.1 Å². The fraction of sp³-hybridized carbons (Fsp3) is 0.0930. The van der Waals surface area contributed by atoms with E-state index in [1.807, 2.05) is 47.0 Å². The summed E-state index contributed by atoms with van der Waals surface area (Å²) < 4.78 is 345. The van der Waals surface area contributed by atoms with Crippen molar-refractivity contribution in [3.8, 4) is 39.8 Å². The van der Waals surface area contributed by atoms with Gasteiger partial charge < -0.3 is 13.9 Å². The van der Waals surface area contributed by atoms with Crippen molar-refractivity contribution in [2.45, 2.75) is 52.4 Å². The van der Waals surface area contributed by atoms with E-state index in [0.29, 0.717) is 11.3 Å². The number of nitrogens with zero attached hydrogens (tertiary/aromatic N) is 4. The second-order valence-electron chi connectivity index (χ2n) is 23.8. The number of para-hydroxylation sites is 3. The third-order valence-electron chi connectivity index (χ3n) is 16.3.